The first-order valence-corrected chi connectivity index (χ1v) is 5.79. The highest BCUT2D eigenvalue weighted by Gasteiger charge is 2.27. The van der Waals surface area contributed by atoms with Gasteiger partial charge in [0, 0.05) is 5.56 Å². The Morgan fingerprint density at radius 1 is 1.31 bits per heavy atom. The molecule has 3 heteroatoms. The Morgan fingerprint density at radius 2 is 1.94 bits per heavy atom. The van der Waals surface area contributed by atoms with Crippen LogP contribution < -0.4 is 0 Å². The molecule has 0 radical (unpaired) electrons. The predicted molar refractivity (Wildman–Crippen MR) is 62.2 cm³/mol. The average molecular weight is 223 g/mol. The first-order valence-electron chi connectivity index (χ1n) is 5.79. The van der Waals surface area contributed by atoms with Crippen molar-refractivity contribution in [1.82, 2.24) is 4.90 Å². The highest BCUT2D eigenvalue weighted by atomic mass is 19.1. The van der Waals surface area contributed by atoms with Crippen molar-refractivity contribution >= 4 is 0 Å². The van der Waals surface area contributed by atoms with Gasteiger partial charge in [-0.05, 0) is 45.0 Å². The van der Waals surface area contributed by atoms with Gasteiger partial charge in [0.05, 0.1) is 0 Å². The highest BCUT2D eigenvalue weighted by molar-refractivity contribution is 5.34. The van der Waals surface area contributed by atoms with Crippen LogP contribution in [0, 0.1) is 5.92 Å². The summed E-state index contributed by atoms with van der Waals surface area (Å²) < 4.78 is 14.2. The Bertz CT molecular complexity index is 348. The van der Waals surface area contributed by atoms with Crippen LogP contribution in [0.3, 0.4) is 0 Å². The molecule has 2 nitrogen and oxygen atoms in total. The average Bonchev–Trinajstić information content (AvgIpc) is 2.30. The molecule has 1 fully saturated rings. The number of likely N-dealkylation sites (tertiary alicyclic amines) is 1. The number of benzene rings is 1. The van der Waals surface area contributed by atoms with Gasteiger partial charge in [0.2, 0.25) is 0 Å². The summed E-state index contributed by atoms with van der Waals surface area (Å²) in [6.07, 6.45) is 0.702. The Morgan fingerprint density at radius 3 is 2.56 bits per heavy atom. The van der Waals surface area contributed by atoms with E-state index in [0.29, 0.717) is 5.56 Å². The fraction of sp³-hybridized carbons (Fsp3) is 0.538. The van der Waals surface area contributed by atoms with Crippen LogP contribution >= 0.6 is 0 Å². The summed E-state index contributed by atoms with van der Waals surface area (Å²) in [6.45, 7) is 1.89. The quantitative estimate of drug-likeness (QED) is 0.833. The number of hydrogen-bond acceptors (Lipinski definition) is 2. The van der Waals surface area contributed by atoms with E-state index < -0.39 is 6.17 Å². The number of phenolic OH excluding ortho intramolecular Hbond substituents is 1. The van der Waals surface area contributed by atoms with Crippen LogP contribution in [0.2, 0.25) is 0 Å². The standard InChI is InChI=1S/C13H18FNO/c1-15-8-6-10(7-9-15)13(14)11-4-2-3-5-12(11)16/h2-5,10,13,16H,6-9H2,1H3. The van der Waals surface area contributed by atoms with Gasteiger partial charge in [-0.2, -0.15) is 0 Å². The van der Waals surface area contributed by atoms with Crippen LogP contribution in [0.25, 0.3) is 0 Å². The maximum atomic E-state index is 14.2. The van der Waals surface area contributed by atoms with Crippen LogP contribution in [0.1, 0.15) is 24.6 Å². The van der Waals surface area contributed by atoms with Crippen LogP contribution in [0.15, 0.2) is 24.3 Å². The van der Waals surface area contributed by atoms with E-state index in [1.54, 1.807) is 24.3 Å². The number of alkyl halides is 1. The molecule has 1 unspecified atom stereocenters. The molecule has 88 valence electrons. The van der Waals surface area contributed by atoms with E-state index in [0.717, 1.165) is 25.9 Å². The van der Waals surface area contributed by atoms with Crippen molar-refractivity contribution in [3.05, 3.63) is 29.8 Å². The van der Waals surface area contributed by atoms with E-state index in [1.807, 2.05) is 0 Å². The van der Waals surface area contributed by atoms with Gasteiger partial charge in [0.15, 0.2) is 0 Å². The number of hydrogen-bond donors (Lipinski definition) is 1. The minimum absolute atomic E-state index is 0.0458. The van der Waals surface area contributed by atoms with Crippen molar-refractivity contribution in [2.45, 2.75) is 19.0 Å². The zero-order chi connectivity index (χ0) is 11.5. The topological polar surface area (TPSA) is 23.5 Å². The second-order valence-corrected chi connectivity index (χ2v) is 4.60. The monoisotopic (exact) mass is 223 g/mol. The molecule has 0 saturated carbocycles. The molecule has 0 aromatic heterocycles. The van der Waals surface area contributed by atoms with Gasteiger partial charge in [0.25, 0.3) is 0 Å². The summed E-state index contributed by atoms with van der Waals surface area (Å²) in [5.41, 5.74) is 0.442. The van der Waals surface area contributed by atoms with Crippen molar-refractivity contribution in [3.8, 4) is 5.75 Å². The third-order valence-electron chi connectivity index (χ3n) is 3.41. The van der Waals surface area contributed by atoms with Crippen molar-refractivity contribution < 1.29 is 9.50 Å². The van der Waals surface area contributed by atoms with Crippen LogP contribution in [-0.4, -0.2) is 30.1 Å². The number of aromatic hydroxyl groups is 1. The Kier molecular flexibility index (Phi) is 3.44. The third kappa shape index (κ3) is 2.35. The predicted octanol–water partition coefficient (Wildman–Crippen LogP) is 2.74. The molecule has 1 aromatic rings. The number of phenols is 1. The molecule has 16 heavy (non-hydrogen) atoms. The minimum Gasteiger partial charge on any atom is -0.508 e. The molecule has 1 N–H and O–H groups in total. The van der Waals surface area contributed by atoms with E-state index in [1.165, 1.54) is 0 Å². The maximum absolute atomic E-state index is 14.2. The first kappa shape index (κ1) is 11.4. The number of piperidine rings is 1. The number of halogens is 1. The lowest BCUT2D eigenvalue weighted by molar-refractivity contribution is 0.135. The van der Waals surface area contributed by atoms with Gasteiger partial charge in [-0.15, -0.1) is 0 Å². The summed E-state index contributed by atoms with van der Waals surface area (Å²) in [6, 6.07) is 6.73. The maximum Gasteiger partial charge on any atom is 0.132 e. The van der Waals surface area contributed by atoms with Crippen molar-refractivity contribution in [2.24, 2.45) is 5.92 Å². The highest BCUT2D eigenvalue weighted by Crippen LogP contribution is 2.37. The molecule has 1 aliphatic heterocycles. The van der Waals surface area contributed by atoms with Gasteiger partial charge in [0.1, 0.15) is 11.9 Å². The van der Waals surface area contributed by atoms with E-state index in [4.69, 9.17) is 0 Å². The molecular formula is C13H18FNO. The zero-order valence-corrected chi connectivity index (χ0v) is 9.56. The lowest BCUT2D eigenvalue weighted by atomic mass is 9.88. The van der Waals surface area contributed by atoms with Gasteiger partial charge in [-0.1, -0.05) is 18.2 Å². The molecule has 0 bridgehead atoms. The molecule has 1 aromatic carbocycles. The smallest absolute Gasteiger partial charge is 0.132 e. The zero-order valence-electron chi connectivity index (χ0n) is 9.56. The molecule has 2 rings (SSSR count). The van der Waals surface area contributed by atoms with Crippen LogP contribution in [-0.2, 0) is 0 Å². The largest absolute Gasteiger partial charge is 0.508 e. The van der Waals surface area contributed by atoms with Crippen LogP contribution in [0.4, 0.5) is 4.39 Å². The summed E-state index contributed by atoms with van der Waals surface area (Å²) in [5.74, 6) is 0.124. The molecule has 0 spiro atoms. The van der Waals surface area contributed by atoms with Crippen molar-refractivity contribution in [1.29, 1.82) is 0 Å². The Labute approximate surface area is 95.7 Å². The lowest BCUT2D eigenvalue weighted by Crippen LogP contribution is -2.31. The van der Waals surface area contributed by atoms with E-state index in [2.05, 4.69) is 11.9 Å². The van der Waals surface area contributed by atoms with Gasteiger partial charge < -0.3 is 10.0 Å². The van der Waals surface area contributed by atoms with Crippen LogP contribution in [0.5, 0.6) is 5.75 Å². The molecule has 1 atom stereocenters. The molecule has 0 amide bonds. The summed E-state index contributed by atoms with van der Waals surface area (Å²) in [5, 5.41) is 9.61. The fourth-order valence-corrected chi connectivity index (χ4v) is 2.30. The third-order valence-corrected chi connectivity index (χ3v) is 3.41. The number of para-hydroxylation sites is 1. The summed E-state index contributed by atoms with van der Waals surface area (Å²) in [7, 11) is 2.06. The second-order valence-electron chi connectivity index (χ2n) is 4.60. The Hall–Kier alpha value is -1.09. The van der Waals surface area contributed by atoms with E-state index in [9.17, 15) is 9.50 Å². The molecule has 1 aliphatic rings. The SMILES string of the molecule is CN1CCC(C(F)c2ccccc2O)CC1. The second kappa shape index (κ2) is 4.83. The van der Waals surface area contributed by atoms with E-state index in [-0.39, 0.29) is 11.7 Å². The summed E-state index contributed by atoms with van der Waals surface area (Å²) in [4.78, 5) is 2.22. The minimum atomic E-state index is -1.03. The number of rotatable bonds is 2. The van der Waals surface area contributed by atoms with Crippen molar-refractivity contribution in [3.63, 3.8) is 0 Å². The normalized spacial score (nSPS) is 20.9. The van der Waals surface area contributed by atoms with Gasteiger partial charge in [-0.3, -0.25) is 0 Å². The molecular weight excluding hydrogens is 205 g/mol. The van der Waals surface area contributed by atoms with Crippen molar-refractivity contribution in [2.75, 3.05) is 20.1 Å². The van der Waals surface area contributed by atoms with E-state index >= 15 is 0 Å². The van der Waals surface area contributed by atoms with Gasteiger partial charge in [-0.25, -0.2) is 4.39 Å². The first-order chi connectivity index (χ1) is 7.68. The summed E-state index contributed by atoms with van der Waals surface area (Å²) >= 11 is 0. The molecule has 0 aliphatic carbocycles. The lowest BCUT2D eigenvalue weighted by Gasteiger charge is -2.31. The molecule has 1 saturated heterocycles. The Balaban J connectivity index is 2.07. The fourth-order valence-electron chi connectivity index (χ4n) is 2.30. The molecule has 1 heterocycles. The van der Waals surface area contributed by atoms with Gasteiger partial charge >= 0.3 is 0 Å². The number of nitrogens with zero attached hydrogens (tertiary/aromatic N) is 1.